The van der Waals surface area contributed by atoms with Crippen LogP contribution in [0.15, 0.2) is 23.1 Å². The van der Waals surface area contributed by atoms with E-state index in [0.29, 0.717) is 31.3 Å². The van der Waals surface area contributed by atoms with Crippen molar-refractivity contribution in [3.05, 3.63) is 18.2 Å². The summed E-state index contributed by atoms with van der Waals surface area (Å²) in [6.07, 6.45) is 3.96. The van der Waals surface area contributed by atoms with Gasteiger partial charge in [0, 0.05) is 12.1 Å². The van der Waals surface area contributed by atoms with Crippen LogP contribution in [0.25, 0.3) is 0 Å². The van der Waals surface area contributed by atoms with Crippen molar-refractivity contribution in [2.45, 2.75) is 36.6 Å². The Morgan fingerprint density at radius 2 is 1.83 bits per heavy atom. The summed E-state index contributed by atoms with van der Waals surface area (Å²) in [4.78, 5) is 0.207. The molecule has 0 bridgehead atoms. The van der Waals surface area contributed by atoms with Crippen molar-refractivity contribution in [3.63, 3.8) is 0 Å². The molecule has 3 rings (SSSR count). The number of hydrogen-bond acceptors (Lipinski definition) is 5. The third-order valence-electron chi connectivity index (χ3n) is 4.34. The molecule has 23 heavy (non-hydrogen) atoms. The third kappa shape index (κ3) is 4.09. The average Bonchev–Trinajstić information content (AvgIpc) is 2.54. The Labute approximate surface area is 143 Å². The Kier molecular flexibility index (Phi) is 6.13. The van der Waals surface area contributed by atoms with Gasteiger partial charge in [-0.1, -0.05) is 12.8 Å². The van der Waals surface area contributed by atoms with Gasteiger partial charge in [-0.05, 0) is 37.4 Å². The normalized spacial score (nSPS) is 23.9. The quantitative estimate of drug-likeness (QED) is 0.850. The average molecular weight is 363 g/mol. The lowest BCUT2D eigenvalue weighted by atomic mass is 9.85. The molecule has 0 amide bonds. The van der Waals surface area contributed by atoms with Crippen LogP contribution in [0.4, 0.5) is 0 Å². The number of benzene rings is 1. The minimum absolute atomic E-state index is 0. The minimum Gasteiger partial charge on any atom is -0.486 e. The minimum atomic E-state index is -3.58. The Morgan fingerprint density at radius 1 is 1.13 bits per heavy atom. The second-order valence-electron chi connectivity index (χ2n) is 5.81. The first-order valence-corrected chi connectivity index (χ1v) is 9.20. The first-order valence-electron chi connectivity index (χ1n) is 7.72. The maximum absolute atomic E-state index is 12.6. The number of halogens is 1. The van der Waals surface area contributed by atoms with E-state index in [9.17, 15) is 8.42 Å². The topological polar surface area (TPSA) is 90.7 Å². The molecular formula is C15H23ClN2O4S. The summed E-state index contributed by atoms with van der Waals surface area (Å²) in [5.74, 6) is 1.27. The van der Waals surface area contributed by atoms with Gasteiger partial charge in [-0.25, -0.2) is 13.1 Å². The number of nitrogens with two attached hydrogens (primary N) is 1. The summed E-state index contributed by atoms with van der Waals surface area (Å²) >= 11 is 0. The van der Waals surface area contributed by atoms with Gasteiger partial charge >= 0.3 is 0 Å². The smallest absolute Gasteiger partial charge is 0.240 e. The lowest BCUT2D eigenvalue weighted by molar-refractivity contribution is 0.171. The fourth-order valence-corrected chi connectivity index (χ4v) is 4.46. The van der Waals surface area contributed by atoms with Crippen LogP contribution in [0.2, 0.25) is 0 Å². The molecule has 8 heteroatoms. The molecule has 1 heterocycles. The van der Waals surface area contributed by atoms with Crippen molar-refractivity contribution in [1.29, 1.82) is 0 Å². The summed E-state index contributed by atoms with van der Waals surface area (Å²) in [6.45, 7) is 1.42. The number of fused-ring (bicyclic) bond motifs is 1. The van der Waals surface area contributed by atoms with Crippen molar-refractivity contribution in [1.82, 2.24) is 4.72 Å². The van der Waals surface area contributed by atoms with Crippen LogP contribution in [0.1, 0.15) is 25.7 Å². The first kappa shape index (κ1) is 18.3. The van der Waals surface area contributed by atoms with E-state index in [2.05, 4.69) is 4.72 Å². The molecule has 1 aromatic rings. The van der Waals surface area contributed by atoms with Crippen LogP contribution in [-0.2, 0) is 10.0 Å². The van der Waals surface area contributed by atoms with E-state index in [0.717, 1.165) is 25.7 Å². The number of sulfonamides is 1. The van der Waals surface area contributed by atoms with Crippen molar-refractivity contribution < 1.29 is 17.9 Å². The highest BCUT2D eigenvalue weighted by molar-refractivity contribution is 7.89. The Balaban J connectivity index is 0.00000192. The molecule has 1 aliphatic heterocycles. The SMILES string of the molecule is Cl.NCC1CCCCC1NS(=O)(=O)c1ccc2c(c1)OCCO2. The molecule has 2 aliphatic rings. The molecule has 0 aromatic heterocycles. The van der Waals surface area contributed by atoms with E-state index in [1.807, 2.05) is 0 Å². The van der Waals surface area contributed by atoms with Crippen LogP contribution in [0, 0.1) is 5.92 Å². The van der Waals surface area contributed by atoms with Gasteiger partial charge in [-0.3, -0.25) is 0 Å². The standard InChI is InChI=1S/C15H22N2O4S.ClH/c16-10-11-3-1-2-4-13(11)17-22(18,19)12-5-6-14-15(9-12)21-8-7-20-14;/h5-6,9,11,13,17H,1-4,7-8,10,16H2;1H. The molecule has 0 saturated heterocycles. The number of nitrogens with one attached hydrogen (secondary N) is 1. The Bertz CT molecular complexity index is 638. The summed E-state index contributed by atoms with van der Waals surface area (Å²) in [6, 6.07) is 4.63. The first-order chi connectivity index (χ1) is 10.6. The molecule has 3 N–H and O–H groups in total. The fourth-order valence-electron chi connectivity index (χ4n) is 3.10. The molecule has 2 unspecified atom stereocenters. The molecule has 1 fully saturated rings. The van der Waals surface area contributed by atoms with Crippen molar-refractivity contribution in [2.75, 3.05) is 19.8 Å². The molecule has 1 aromatic carbocycles. The molecule has 6 nitrogen and oxygen atoms in total. The van der Waals surface area contributed by atoms with Gasteiger partial charge in [0.1, 0.15) is 13.2 Å². The Hall–Kier alpha value is -1.02. The number of ether oxygens (including phenoxy) is 2. The van der Waals surface area contributed by atoms with E-state index in [1.165, 1.54) is 6.07 Å². The zero-order chi connectivity index (χ0) is 15.6. The lowest BCUT2D eigenvalue weighted by Gasteiger charge is -2.31. The van der Waals surface area contributed by atoms with Crippen molar-refractivity contribution in [3.8, 4) is 11.5 Å². The summed E-state index contributed by atoms with van der Waals surface area (Å²) in [5, 5.41) is 0. The van der Waals surface area contributed by atoms with Crippen LogP contribution in [-0.4, -0.2) is 34.2 Å². The van der Waals surface area contributed by atoms with Gasteiger partial charge in [0.2, 0.25) is 10.0 Å². The van der Waals surface area contributed by atoms with Gasteiger partial charge in [0.25, 0.3) is 0 Å². The van der Waals surface area contributed by atoms with Crippen molar-refractivity contribution >= 4 is 22.4 Å². The predicted octanol–water partition coefficient (Wildman–Crippen LogP) is 1.68. The largest absolute Gasteiger partial charge is 0.486 e. The van der Waals surface area contributed by atoms with Gasteiger partial charge in [0.15, 0.2) is 11.5 Å². The van der Waals surface area contributed by atoms with Gasteiger partial charge in [-0.15, -0.1) is 12.4 Å². The van der Waals surface area contributed by atoms with Crippen LogP contribution in [0.3, 0.4) is 0 Å². The van der Waals surface area contributed by atoms with Crippen LogP contribution < -0.4 is 19.9 Å². The highest BCUT2D eigenvalue weighted by atomic mass is 35.5. The number of rotatable bonds is 4. The molecule has 1 saturated carbocycles. The van der Waals surface area contributed by atoms with E-state index in [4.69, 9.17) is 15.2 Å². The highest BCUT2D eigenvalue weighted by Gasteiger charge is 2.29. The molecule has 1 aliphatic carbocycles. The second kappa shape index (κ2) is 7.70. The summed E-state index contributed by atoms with van der Waals surface area (Å²) < 4.78 is 38.9. The monoisotopic (exact) mass is 362 g/mol. The zero-order valence-electron chi connectivity index (χ0n) is 12.9. The molecule has 2 atom stereocenters. The highest BCUT2D eigenvalue weighted by Crippen LogP contribution is 2.33. The predicted molar refractivity (Wildman–Crippen MR) is 89.8 cm³/mol. The maximum Gasteiger partial charge on any atom is 0.240 e. The van der Waals surface area contributed by atoms with Crippen molar-refractivity contribution in [2.24, 2.45) is 11.7 Å². The summed E-state index contributed by atoms with van der Waals surface area (Å²) in [5.41, 5.74) is 5.77. The second-order valence-corrected chi connectivity index (χ2v) is 7.53. The summed E-state index contributed by atoms with van der Waals surface area (Å²) in [7, 11) is -3.58. The van der Waals surface area contributed by atoms with Crippen LogP contribution in [0.5, 0.6) is 11.5 Å². The van der Waals surface area contributed by atoms with E-state index in [-0.39, 0.29) is 29.3 Å². The van der Waals surface area contributed by atoms with Crippen LogP contribution >= 0.6 is 12.4 Å². The lowest BCUT2D eigenvalue weighted by Crippen LogP contribution is -2.44. The maximum atomic E-state index is 12.6. The van der Waals surface area contributed by atoms with E-state index < -0.39 is 10.0 Å². The zero-order valence-corrected chi connectivity index (χ0v) is 14.5. The van der Waals surface area contributed by atoms with E-state index in [1.54, 1.807) is 12.1 Å². The molecule has 130 valence electrons. The van der Waals surface area contributed by atoms with E-state index >= 15 is 0 Å². The van der Waals surface area contributed by atoms with Gasteiger partial charge in [0.05, 0.1) is 4.90 Å². The third-order valence-corrected chi connectivity index (χ3v) is 5.83. The Morgan fingerprint density at radius 3 is 2.57 bits per heavy atom. The van der Waals surface area contributed by atoms with Gasteiger partial charge in [-0.2, -0.15) is 0 Å². The molecular weight excluding hydrogens is 340 g/mol. The fraction of sp³-hybridized carbons (Fsp3) is 0.600. The van der Waals surface area contributed by atoms with Gasteiger partial charge < -0.3 is 15.2 Å². The number of hydrogen-bond donors (Lipinski definition) is 2. The molecule has 0 spiro atoms. The molecule has 0 radical (unpaired) electrons.